The molecule has 1 heterocycles. The summed E-state index contributed by atoms with van der Waals surface area (Å²) in [6, 6.07) is 8.24. The van der Waals surface area contributed by atoms with E-state index in [2.05, 4.69) is 11.4 Å². The fourth-order valence-corrected chi connectivity index (χ4v) is 3.13. The van der Waals surface area contributed by atoms with Gasteiger partial charge in [-0.25, -0.2) is 0 Å². The van der Waals surface area contributed by atoms with Gasteiger partial charge in [0, 0.05) is 17.5 Å². The molecule has 1 aliphatic heterocycles. The second-order valence-corrected chi connectivity index (χ2v) is 5.36. The Morgan fingerprint density at radius 1 is 1.38 bits per heavy atom. The number of thioether (sulfide) groups is 1. The minimum absolute atomic E-state index is 0.369. The van der Waals surface area contributed by atoms with Crippen LogP contribution in [-0.4, -0.2) is 23.4 Å². The van der Waals surface area contributed by atoms with Gasteiger partial charge in [0.25, 0.3) is 0 Å². The molecule has 1 fully saturated rings. The molecule has 0 aliphatic carbocycles. The van der Waals surface area contributed by atoms with Crippen molar-refractivity contribution >= 4 is 11.8 Å². The van der Waals surface area contributed by atoms with E-state index in [0.717, 1.165) is 5.75 Å². The molecule has 88 valence electrons. The largest absolute Gasteiger partial charge is 0.508 e. The Hall–Kier alpha value is -0.670. The average molecular weight is 237 g/mol. The normalized spacial score (nSPS) is 20.9. The maximum atomic E-state index is 9.34. The zero-order chi connectivity index (χ0) is 11.2. The van der Waals surface area contributed by atoms with Crippen molar-refractivity contribution in [3.63, 3.8) is 0 Å². The van der Waals surface area contributed by atoms with Gasteiger partial charge in [0.05, 0.1) is 0 Å². The summed E-state index contributed by atoms with van der Waals surface area (Å²) in [4.78, 5) is 0. The highest BCUT2D eigenvalue weighted by Gasteiger charge is 2.11. The standard InChI is InChI=1S/C13H19NOS/c15-13-6-3-4-11(8-13)9-16-10-12-5-1-2-7-14-12/h3-4,6,8,12,14-15H,1-2,5,7,9-10H2. The molecular weight excluding hydrogens is 218 g/mol. The van der Waals surface area contributed by atoms with Crippen LogP contribution in [-0.2, 0) is 5.75 Å². The van der Waals surface area contributed by atoms with E-state index in [0.29, 0.717) is 11.8 Å². The van der Waals surface area contributed by atoms with Crippen molar-refractivity contribution in [1.29, 1.82) is 0 Å². The summed E-state index contributed by atoms with van der Waals surface area (Å²) in [6.45, 7) is 1.18. The van der Waals surface area contributed by atoms with Crippen LogP contribution in [0.2, 0.25) is 0 Å². The van der Waals surface area contributed by atoms with E-state index < -0.39 is 0 Å². The second kappa shape index (κ2) is 6.16. The molecule has 1 atom stereocenters. The minimum atomic E-state index is 0.369. The summed E-state index contributed by atoms with van der Waals surface area (Å²) in [6.07, 6.45) is 4.01. The molecule has 1 saturated heterocycles. The van der Waals surface area contributed by atoms with Gasteiger partial charge in [-0.2, -0.15) is 11.8 Å². The molecule has 0 bridgehead atoms. The first-order valence-corrected chi connectivity index (χ1v) is 7.09. The molecule has 0 saturated carbocycles. The second-order valence-electron chi connectivity index (χ2n) is 4.33. The van der Waals surface area contributed by atoms with Crippen molar-refractivity contribution in [1.82, 2.24) is 5.32 Å². The molecule has 16 heavy (non-hydrogen) atoms. The van der Waals surface area contributed by atoms with Crippen LogP contribution in [0.25, 0.3) is 0 Å². The Morgan fingerprint density at radius 2 is 2.31 bits per heavy atom. The Morgan fingerprint density at radius 3 is 3.06 bits per heavy atom. The number of hydrogen-bond acceptors (Lipinski definition) is 3. The first kappa shape index (κ1) is 11.8. The van der Waals surface area contributed by atoms with Gasteiger partial charge in [0.2, 0.25) is 0 Å². The van der Waals surface area contributed by atoms with Gasteiger partial charge in [-0.1, -0.05) is 18.6 Å². The molecule has 2 rings (SSSR count). The van der Waals surface area contributed by atoms with Crippen LogP contribution in [0.4, 0.5) is 0 Å². The van der Waals surface area contributed by atoms with Crippen LogP contribution in [0.1, 0.15) is 24.8 Å². The number of nitrogens with one attached hydrogen (secondary N) is 1. The van der Waals surface area contributed by atoms with Crippen molar-refractivity contribution in [3.05, 3.63) is 29.8 Å². The molecular formula is C13H19NOS. The van der Waals surface area contributed by atoms with Crippen molar-refractivity contribution < 1.29 is 5.11 Å². The van der Waals surface area contributed by atoms with Crippen molar-refractivity contribution in [3.8, 4) is 5.75 Å². The molecule has 0 amide bonds. The van der Waals surface area contributed by atoms with Crippen molar-refractivity contribution in [2.75, 3.05) is 12.3 Å². The molecule has 1 aromatic carbocycles. The lowest BCUT2D eigenvalue weighted by atomic mass is 10.1. The summed E-state index contributed by atoms with van der Waals surface area (Å²) in [5.41, 5.74) is 1.21. The van der Waals surface area contributed by atoms with E-state index in [1.54, 1.807) is 6.07 Å². The zero-order valence-electron chi connectivity index (χ0n) is 9.48. The zero-order valence-corrected chi connectivity index (χ0v) is 10.3. The SMILES string of the molecule is Oc1cccc(CSCC2CCCCN2)c1. The first-order chi connectivity index (χ1) is 7.84. The maximum Gasteiger partial charge on any atom is 0.115 e. The first-order valence-electron chi connectivity index (χ1n) is 5.93. The topological polar surface area (TPSA) is 32.3 Å². The summed E-state index contributed by atoms with van der Waals surface area (Å²) >= 11 is 1.95. The number of rotatable bonds is 4. The third-order valence-electron chi connectivity index (χ3n) is 2.91. The Balaban J connectivity index is 1.71. The van der Waals surface area contributed by atoms with Crippen molar-refractivity contribution in [2.45, 2.75) is 31.1 Å². The predicted molar refractivity (Wildman–Crippen MR) is 69.9 cm³/mol. The van der Waals surface area contributed by atoms with Crippen LogP contribution in [0, 0.1) is 0 Å². The monoisotopic (exact) mass is 237 g/mol. The van der Waals surface area contributed by atoms with E-state index >= 15 is 0 Å². The number of phenols is 1. The molecule has 0 radical (unpaired) electrons. The van der Waals surface area contributed by atoms with Crippen LogP contribution >= 0.6 is 11.8 Å². The summed E-state index contributed by atoms with van der Waals surface area (Å²) in [5, 5.41) is 12.9. The average Bonchev–Trinajstić information content (AvgIpc) is 2.30. The van der Waals surface area contributed by atoms with Gasteiger partial charge in [-0.05, 0) is 37.1 Å². The van der Waals surface area contributed by atoms with Crippen molar-refractivity contribution in [2.24, 2.45) is 0 Å². The molecule has 1 unspecified atom stereocenters. The number of piperidine rings is 1. The van der Waals surface area contributed by atoms with E-state index in [4.69, 9.17) is 0 Å². The lowest BCUT2D eigenvalue weighted by molar-refractivity contribution is 0.430. The highest BCUT2D eigenvalue weighted by Crippen LogP contribution is 2.19. The number of aromatic hydroxyl groups is 1. The Labute approximate surface area is 101 Å². The number of benzene rings is 1. The molecule has 1 aromatic rings. The summed E-state index contributed by atoms with van der Waals surface area (Å²) in [7, 11) is 0. The fraction of sp³-hybridized carbons (Fsp3) is 0.538. The number of phenolic OH excluding ortho intramolecular Hbond substituents is 1. The van der Waals surface area contributed by atoms with Gasteiger partial charge >= 0.3 is 0 Å². The lowest BCUT2D eigenvalue weighted by Crippen LogP contribution is -2.35. The Bertz CT molecular complexity index is 323. The molecule has 2 nitrogen and oxygen atoms in total. The fourth-order valence-electron chi connectivity index (χ4n) is 2.03. The van der Waals surface area contributed by atoms with Crippen LogP contribution in [0.15, 0.2) is 24.3 Å². The molecule has 1 aliphatic rings. The van der Waals surface area contributed by atoms with E-state index in [9.17, 15) is 5.11 Å². The lowest BCUT2D eigenvalue weighted by Gasteiger charge is -2.22. The van der Waals surface area contributed by atoms with E-state index in [1.165, 1.54) is 37.1 Å². The molecule has 0 aromatic heterocycles. The van der Waals surface area contributed by atoms with Gasteiger partial charge in [0.1, 0.15) is 5.75 Å². The molecule has 3 heteroatoms. The maximum absolute atomic E-state index is 9.34. The van der Waals surface area contributed by atoms with Gasteiger partial charge < -0.3 is 10.4 Å². The van der Waals surface area contributed by atoms with Crippen LogP contribution < -0.4 is 5.32 Å². The quantitative estimate of drug-likeness (QED) is 0.844. The third kappa shape index (κ3) is 3.72. The smallest absolute Gasteiger partial charge is 0.115 e. The van der Waals surface area contributed by atoms with Gasteiger partial charge in [-0.15, -0.1) is 0 Å². The van der Waals surface area contributed by atoms with Crippen LogP contribution in [0.5, 0.6) is 5.75 Å². The molecule has 2 N–H and O–H groups in total. The Kier molecular flexibility index (Phi) is 4.55. The summed E-state index contributed by atoms with van der Waals surface area (Å²) < 4.78 is 0. The number of hydrogen-bond donors (Lipinski definition) is 2. The van der Waals surface area contributed by atoms with E-state index in [1.807, 2.05) is 23.9 Å². The minimum Gasteiger partial charge on any atom is -0.508 e. The highest BCUT2D eigenvalue weighted by atomic mass is 32.2. The summed E-state index contributed by atoms with van der Waals surface area (Å²) in [5.74, 6) is 2.54. The third-order valence-corrected chi connectivity index (χ3v) is 4.09. The van der Waals surface area contributed by atoms with Crippen LogP contribution in [0.3, 0.4) is 0 Å². The predicted octanol–water partition coefficient (Wildman–Crippen LogP) is 2.77. The van der Waals surface area contributed by atoms with E-state index in [-0.39, 0.29) is 0 Å². The molecule has 0 spiro atoms. The van der Waals surface area contributed by atoms with Gasteiger partial charge in [0.15, 0.2) is 0 Å². The van der Waals surface area contributed by atoms with Gasteiger partial charge in [-0.3, -0.25) is 0 Å². The highest BCUT2D eigenvalue weighted by molar-refractivity contribution is 7.98.